The van der Waals surface area contributed by atoms with Gasteiger partial charge in [0.05, 0.1) is 4.91 Å². The zero-order valence-electron chi connectivity index (χ0n) is 11.0. The summed E-state index contributed by atoms with van der Waals surface area (Å²) in [5.41, 5.74) is 2.12. The lowest BCUT2D eigenvalue weighted by molar-refractivity contribution is 0.614. The highest BCUT2D eigenvalue weighted by molar-refractivity contribution is 8.16. The molecule has 0 aliphatic carbocycles. The van der Waals surface area contributed by atoms with Crippen LogP contribution in [0.1, 0.15) is 38.3 Å². The SMILES string of the molecule is CC/C(=C\c1ccc(CC(C)C)cc1)S(=O)(=O)Cl. The van der Waals surface area contributed by atoms with Gasteiger partial charge in [0.1, 0.15) is 0 Å². The number of hydrogen-bond donors (Lipinski definition) is 0. The van der Waals surface area contributed by atoms with Gasteiger partial charge in [-0.3, -0.25) is 0 Å². The van der Waals surface area contributed by atoms with Crippen LogP contribution in [-0.4, -0.2) is 8.42 Å². The van der Waals surface area contributed by atoms with Crippen molar-refractivity contribution in [1.82, 2.24) is 0 Å². The lowest BCUT2D eigenvalue weighted by Gasteiger charge is -2.05. The van der Waals surface area contributed by atoms with Gasteiger partial charge in [-0.1, -0.05) is 45.0 Å². The summed E-state index contributed by atoms with van der Waals surface area (Å²) in [6.07, 6.45) is 3.06. The van der Waals surface area contributed by atoms with Crippen LogP contribution in [0.15, 0.2) is 29.2 Å². The van der Waals surface area contributed by atoms with E-state index in [4.69, 9.17) is 10.7 Å². The molecule has 0 aromatic heterocycles. The molecule has 0 aliphatic rings. The van der Waals surface area contributed by atoms with Crippen molar-refractivity contribution in [2.24, 2.45) is 5.92 Å². The quantitative estimate of drug-likeness (QED) is 0.760. The molecule has 0 heterocycles. The predicted octanol–water partition coefficient (Wildman–Crippen LogP) is 4.20. The van der Waals surface area contributed by atoms with E-state index in [1.54, 1.807) is 13.0 Å². The Morgan fingerprint density at radius 1 is 1.28 bits per heavy atom. The second-order valence-corrected chi connectivity index (χ2v) is 7.36. The highest BCUT2D eigenvalue weighted by atomic mass is 35.7. The summed E-state index contributed by atoms with van der Waals surface area (Å²) in [4.78, 5) is 0.251. The molecule has 0 N–H and O–H groups in total. The molecule has 1 rings (SSSR count). The summed E-state index contributed by atoms with van der Waals surface area (Å²) >= 11 is 0. The van der Waals surface area contributed by atoms with Crippen molar-refractivity contribution in [2.45, 2.75) is 33.6 Å². The number of halogens is 1. The maximum Gasteiger partial charge on any atom is 0.257 e. The summed E-state index contributed by atoms with van der Waals surface area (Å²) in [6, 6.07) is 7.91. The monoisotopic (exact) mass is 286 g/mol. The van der Waals surface area contributed by atoms with Crippen molar-refractivity contribution in [1.29, 1.82) is 0 Å². The van der Waals surface area contributed by atoms with Crippen molar-refractivity contribution in [3.8, 4) is 0 Å². The minimum Gasteiger partial charge on any atom is -0.207 e. The highest BCUT2D eigenvalue weighted by Crippen LogP contribution is 2.20. The lowest BCUT2D eigenvalue weighted by atomic mass is 10.0. The van der Waals surface area contributed by atoms with Gasteiger partial charge in [0.15, 0.2) is 0 Å². The van der Waals surface area contributed by atoms with Gasteiger partial charge in [-0.05, 0) is 36.0 Å². The first-order valence-corrected chi connectivity index (χ1v) is 8.38. The molecule has 0 radical (unpaired) electrons. The van der Waals surface area contributed by atoms with Crippen LogP contribution >= 0.6 is 10.7 Å². The minimum atomic E-state index is -3.61. The van der Waals surface area contributed by atoms with Crippen LogP contribution in [0.25, 0.3) is 6.08 Å². The number of rotatable bonds is 5. The van der Waals surface area contributed by atoms with Crippen LogP contribution in [0.3, 0.4) is 0 Å². The molecule has 0 saturated heterocycles. The van der Waals surface area contributed by atoms with Crippen molar-refractivity contribution >= 4 is 25.8 Å². The molecule has 0 amide bonds. The third kappa shape index (κ3) is 4.83. The van der Waals surface area contributed by atoms with Crippen LogP contribution in [0.4, 0.5) is 0 Å². The van der Waals surface area contributed by atoms with Gasteiger partial charge >= 0.3 is 0 Å². The Labute approximate surface area is 114 Å². The molecule has 0 atom stereocenters. The summed E-state index contributed by atoms with van der Waals surface area (Å²) < 4.78 is 22.6. The maximum absolute atomic E-state index is 11.3. The van der Waals surface area contributed by atoms with E-state index in [1.165, 1.54) is 5.56 Å². The average Bonchev–Trinajstić information content (AvgIpc) is 2.25. The lowest BCUT2D eigenvalue weighted by Crippen LogP contribution is -1.95. The standard InChI is InChI=1S/C14H19ClO2S/c1-4-14(18(15,16)17)10-13-7-5-12(6-8-13)9-11(2)3/h5-8,10-11H,4,9H2,1-3H3/b14-10+. The number of hydrogen-bond acceptors (Lipinski definition) is 2. The van der Waals surface area contributed by atoms with E-state index in [-0.39, 0.29) is 4.91 Å². The topological polar surface area (TPSA) is 34.1 Å². The van der Waals surface area contributed by atoms with Gasteiger partial charge < -0.3 is 0 Å². The fraction of sp³-hybridized carbons (Fsp3) is 0.429. The second-order valence-electron chi connectivity index (χ2n) is 4.74. The Morgan fingerprint density at radius 2 is 1.83 bits per heavy atom. The van der Waals surface area contributed by atoms with Crippen LogP contribution in [0, 0.1) is 5.92 Å². The first-order chi connectivity index (χ1) is 8.32. The third-order valence-corrected chi connectivity index (χ3v) is 4.24. The van der Waals surface area contributed by atoms with Crippen LogP contribution < -0.4 is 0 Å². The van der Waals surface area contributed by atoms with Gasteiger partial charge in [-0.2, -0.15) is 0 Å². The smallest absolute Gasteiger partial charge is 0.207 e. The predicted molar refractivity (Wildman–Crippen MR) is 78.0 cm³/mol. The fourth-order valence-corrected chi connectivity index (χ4v) is 2.83. The van der Waals surface area contributed by atoms with E-state index in [9.17, 15) is 8.42 Å². The highest BCUT2D eigenvalue weighted by Gasteiger charge is 2.11. The molecule has 100 valence electrons. The molecule has 2 nitrogen and oxygen atoms in total. The van der Waals surface area contributed by atoms with E-state index in [2.05, 4.69) is 13.8 Å². The Morgan fingerprint density at radius 3 is 2.22 bits per heavy atom. The first-order valence-electron chi connectivity index (χ1n) is 6.07. The molecule has 0 fully saturated rings. The molecular weight excluding hydrogens is 268 g/mol. The summed E-state index contributed by atoms with van der Waals surface area (Å²) in [5.74, 6) is 0.612. The van der Waals surface area contributed by atoms with E-state index >= 15 is 0 Å². The Kier molecular flexibility index (Phi) is 5.42. The Balaban J connectivity index is 2.95. The zero-order valence-corrected chi connectivity index (χ0v) is 12.6. The summed E-state index contributed by atoms with van der Waals surface area (Å²) in [7, 11) is 1.74. The Hall–Kier alpha value is -0.800. The van der Waals surface area contributed by atoms with Crippen molar-refractivity contribution < 1.29 is 8.42 Å². The van der Waals surface area contributed by atoms with Crippen LogP contribution in [-0.2, 0) is 15.5 Å². The second kappa shape index (κ2) is 6.39. The molecule has 0 bridgehead atoms. The summed E-state index contributed by atoms with van der Waals surface area (Å²) in [6.45, 7) is 6.12. The number of allylic oxidation sites excluding steroid dienone is 1. The van der Waals surface area contributed by atoms with Gasteiger partial charge in [0.2, 0.25) is 0 Å². The maximum atomic E-state index is 11.3. The molecule has 1 aromatic rings. The van der Waals surface area contributed by atoms with Gasteiger partial charge in [-0.15, -0.1) is 0 Å². The van der Waals surface area contributed by atoms with Crippen LogP contribution in [0.5, 0.6) is 0 Å². The van der Waals surface area contributed by atoms with Crippen LogP contribution in [0.2, 0.25) is 0 Å². The summed E-state index contributed by atoms with van der Waals surface area (Å²) in [5, 5.41) is 0. The third-order valence-electron chi connectivity index (χ3n) is 2.61. The largest absolute Gasteiger partial charge is 0.257 e. The molecule has 1 aromatic carbocycles. The molecule has 0 aliphatic heterocycles. The Bertz CT molecular complexity index is 513. The molecule has 0 unspecified atom stereocenters. The van der Waals surface area contributed by atoms with E-state index < -0.39 is 9.05 Å². The number of benzene rings is 1. The van der Waals surface area contributed by atoms with Crippen molar-refractivity contribution in [3.63, 3.8) is 0 Å². The molecule has 18 heavy (non-hydrogen) atoms. The molecular formula is C14H19ClO2S. The zero-order chi connectivity index (χ0) is 13.8. The van der Waals surface area contributed by atoms with Gasteiger partial charge in [0.25, 0.3) is 9.05 Å². The van der Waals surface area contributed by atoms with Gasteiger partial charge in [0, 0.05) is 10.7 Å². The minimum absolute atomic E-state index is 0.251. The average molecular weight is 287 g/mol. The van der Waals surface area contributed by atoms with Crippen molar-refractivity contribution in [3.05, 3.63) is 40.3 Å². The molecule has 0 saturated carbocycles. The molecule has 0 spiro atoms. The molecule has 4 heteroatoms. The van der Waals surface area contributed by atoms with Crippen molar-refractivity contribution in [2.75, 3.05) is 0 Å². The fourth-order valence-electron chi connectivity index (χ4n) is 1.75. The van der Waals surface area contributed by atoms with Gasteiger partial charge in [-0.25, -0.2) is 8.42 Å². The normalized spacial score (nSPS) is 13.1. The van der Waals surface area contributed by atoms with E-state index in [0.717, 1.165) is 12.0 Å². The van der Waals surface area contributed by atoms with E-state index in [1.807, 2.05) is 24.3 Å². The van der Waals surface area contributed by atoms with E-state index in [0.29, 0.717) is 12.3 Å². The first kappa shape index (κ1) is 15.3.